The zero-order valence-electron chi connectivity index (χ0n) is 72.2. The van der Waals surface area contributed by atoms with Crippen LogP contribution in [0, 0.1) is 0 Å². The van der Waals surface area contributed by atoms with Gasteiger partial charge >= 0.3 is 0 Å². The molecule has 0 N–H and O–H groups in total. The molecule has 30 aromatic rings. The second kappa shape index (κ2) is 25.1. The van der Waals surface area contributed by atoms with Gasteiger partial charge in [0.1, 0.15) is 0 Å². The lowest BCUT2D eigenvalue weighted by molar-refractivity contribution is 0.869. The molecule has 8 heteroatoms. The zero-order valence-corrected chi connectivity index (χ0v) is 72.2. The van der Waals surface area contributed by atoms with E-state index in [0.29, 0.717) is 0 Å². The summed E-state index contributed by atoms with van der Waals surface area (Å²) < 4.78 is 20.6. The highest BCUT2D eigenvalue weighted by Crippen LogP contribution is 2.58. The molecule has 8 nitrogen and oxygen atoms in total. The molecule has 0 radical (unpaired) electrons. The van der Waals surface area contributed by atoms with Crippen molar-refractivity contribution >= 4 is 240 Å². The first-order valence-electron chi connectivity index (χ1n) is 45.7. The first-order chi connectivity index (χ1) is 63.0. The van der Waals surface area contributed by atoms with Gasteiger partial charge in [-0.05, 0) is 155 Å². The fourth-order valence-electron chi connectivity index (χ4n) is 25.2. The number of hydrogen-bond acceptors (Lipinski definition) is 0. The van der Waals surface area contributed by atoms with E-state index in [9.17, 15) is 0 Å². The summed E-state index contributed by atoms with van der Waals surface area (Å²) in [5.41, 5.74) is 36.2. The van der Waals surface area contributed by atoms with Crippen molar-refractivity contribution in [2.45, 2.75) is 79.1 Å². The van der Waals surface area contributed by atoms with E-state index < -0.39 is 0 Å². The van der Waals surface area contributed by atoms with Crippen LogP contribution in [0.25, 0.3) is 262 Å². The Morgan fingerprint density at radius 2 is 0.367 bits per heavy atom. The lowest BCUT2D eigenvalue weighted by atomic mass is 9.87. The van der Waals surface area contributed by atoms with Gasteiger partial charge in [0.25, 0.3) is 0 Å². The highest BCUT2D eigenvalue weighted by atomic mass is 15.0. The van der Waals surface area contributed by atoms with Crippen LogP contribution in [0.5, 0.6) is 0 Å². The van der Waals surface area contributed by atoms with Gasteiger partial charge in [0.2, 0.25) is 0 Å². The quantitative estimate of drug-likeness (QED) is 0.145. The summed E-state index contributed by atoms with van der Waals surface area (Å²) in [6.45, 7) is 19.3. The van der Waals surface area contributed by atoms with Crippen LogP contribution < -0.4 is 0 Å². The maximum absolute atomic E-state index is 2.68. The molecule has 0 bridgehead atoms. The van der Waals surface area contributed by atoms with Crippen molar-refractivity contribution in [3.05, 3.63) is 362 Å². The Balaban J connectivity index is 0.000000127. The minimum Gasteiger partial charge on any atom is -0.309 e. The maximum Gasteiger partial charge on any atom is 0.0641 e. The molecular weight excluding hydrogens is 1550 g/mol. The fourth-order valence-corrected chi connectivity index (χ4v) is 25.2. The van der Waals surface area contributed by atoms with Gasteiger partial charge in [-0.15, -0.1) is 0 Å². The molecule has 0 saturated heterocycles. The molecule has 0 spiro atoms. The van der Waals surface area contributed by atoms with Crippen LogP contribution in [0.1, 0.15) is 101 Å². The van der Waals surface area contributed by atoms with E-state index in [0.717, 1.165) is 0 Å². The van der Waals surface area contributed by atoms with E-state index in [4.69, 9.17) is 0 Å². The molecule has 604 valence electrons. The lowest BCUT2D eigenvalue weighted by Crippen LogP contribution is -2.01. The topological polar surface area (TPSA) is 37.4 Å². The van der Waals surface area contributed by atoms with Crippen molar-refractivity contribution in [3.63, 3.8) is 0 Å². The van der Waals surface area contributed by atoms with E-state index >= 15 is 0 Å². The van der Waals surface area contributed by atoms with Crippen LogP contribution in [0.4, 0.5) is 0 Å². The Morgan fingerprint density at radius 3 is 0.680 bits per heavy atom. The number of benzene rings is 18. The average molecular weight is 1640 g/mol. The first kappa shape index (κ1) is 70.7. The van der Waals surface area contributed by atoms with Gasteiger partial charge < -0.3 is 35.9 Å². The van der Waals surface area contributed by atoms with Gasteiger partial charge in [-0.3, -0.25) is 0 Å². The molecule has 0 aliphatic heterocycles. The molecule has 12 heterocycles. The number of nitrogens with zero attached hydrogens (tertiary/aromatic N) is 8. The Bertz CT molecular complexity index is 9380. The number of para-hydroxylation sites is 12. The summed E-state index contributed by atoms with van der Waals surface area (Å²) in [5.74, 6) is 1.01. The third kappa shape index (κ3) is 8.66. The smallest absolute Gasteiger partial charge is 0.0641 e. The van der Waals surface area contributed by atoms with Gasteiger partial charge in [0.05, 0.1) is 110 Å². The molecule has 0 atom stereocenters. The van der Waals surface area contributed by atoms with E-state index in [2.05, 4.69) is 431 Å². The lowest BCUT2D eigenvalue weighted by Gasteiger charge is -2.19. The van der Waals surface area contributed by atoms with Crippen LogP contribution in [0.3, 0.4) is 0 Å². The van der Waals surface area contributed by atoms with Crippen molar-refractivity contribution < 1.29 is 0 Å². The first-order valence-corrected chi connectivity index (χ1v) is 45.7. The molecule has 30 rings (SSSR count). The predicted octanol–water partition coefficient (Wildman–Crippen LogP) is 32.9. The summed E-state index contributed by atoms with van der Waals surface area (Å²) in [4.78, 5) is 0. The molecule has 0 aliphatic carbocycles. The summed E-state index contributed by atoms with van der Waals surface area (Å²) in [5, 5.41) is 31.7. The maximum atomic E-state index is 2.68. The van der Waals surface area contributed by atoms with Crippen LogP contribution >= 0.6 is 0 Å². The van der Waals surface area contributed by atoms with Gasteiger partial charge in [0.15, 0.2) is 0 Å². The molecular formula is C120H84N8. The molecule has 0 amide bonds. The van der Waals surface area contributed by atoms with E-state index in [1.807, 2.05) is 0 Å². The number of hydrogen-bond donors (Lipinski definition) is 0. The van der Waals surface area contributed by atoms with E-state index in [1.165, 1.54) is 285 Å². The van der Waals surface area contributed by atoms with Crippen molar-refractivity contribution in [1.29, 1.82) is 0 Å². The number of aromatic nitrogens is 8. The standard InChI is InChI=1S/2C60H42N4/c1-33(2)53-55-41-25-15-23-39-46-30-44-38-22-12-14-28-48(38)62(36-19-9-6-10-20-36)50(44)32-52(46)64(57(39)41)60(55)54(34(3)4)56-42-26-16-24-40-45-29-43-37-21-11-13-27-47(37)61(35-17-7-5-8-18-35)49(43)31-51(45)63(58(40)42)59(53)56;1-33(2)49-53-43-25-15-23-41-52-48(32-30-40-38-22-12-14-28-46(38)62(58(40)52)36-19-9-6-10-20-36)64(55(41)43)60(53)50(34(3)4)54-44-26-16-24-42-51-47(63(56(42)44)59(49)54)31-29-39-37-21-11-13-27-45(37)61(57(39)51)35-17-7-5-8-18-35/h2*5-34H,1-4H3. The molecule has 0 aliphatic rings. The van der Waals surface area contributed by atoms with Crippen LogP contribution in [-0.4, -0.2) is 35.9 Å². The summed E-state index contributed by atoms with van der Waals surface area (Å²) in [6.07, 6.45) is 0. The molecule has 18 aromatic carbocycles. The molecule has 12 aromatic heterocycles. The predicted molar refractivity (Wildman–Crippen MR) is 545 cm³/mol. The number of rotatable bonds is 8. The fraction of sp³-hybridized carbons (Fsp3) is 0.100. The monoisotopic (exact) mass is 1640 g/mol. The Kier molecular flexibility index (Phi) is 13.9. The average Bonchev–Trinajstić information content (AvgIpc) is 1.49. The van der Waals surface area contributed by atoms with Gasteiger partial charge in [-0.1, -0.05) is 286 Å². The molecule has 0 saturated carbocycles. The minimum absolute atomic E-state index is 0.253. The van der Waals surface area contributed by atoms with Crippen molar-refractivity contribution in [2.24, 2.45) is 0 Å². The second-order valence-corrected chi connectivity index (χ2v) is 37.6. The van der Waals surface area contributed by atoms with Crippen LogP contribution in [0.2, 0.25) is 0 Å². The van der Waals surface area contributed by atoms with Crippen molar-refractivity contribution in [1.82, 2.24) is 35.9 Å². The Morgan fingerprint density at radius 1 is 0.141 bits per heavy atom. The van der Waals surface area contributed by atoms with E-state index in [1.54, 1.807) is 0 Å². The Labute approximate surface area is 734 Å². The molecule has 0 fully saturated rings. The number of fused-ring (bicyclic) bond motifs is 38. The Hall–Kier alpha value is -15.6. The summed E-state index contributed by atoms with van der Waals surface area (Å²) in [7, 11) is 0. The third-order valence-electron chi connectivity index (χ3n) is 29.7. The van der Waals surface area contributed by atoms with Gasteiger partial charge in [0, 0.05) is 152 Å². The highest BCUT2D eigenvalue weighted by Gasteiger charge is 2.36. The minimum atomic E-state index is 0.253. The van der Waals surface area contributed by atoms with Gasteiger partial charge in [-0.25, -0.2) is 0 Å². The van der Waals surface area contributed by atoms with E-state index in [-0.39, 0.29) is 23.7 Å². The molecule has 0 unspecified atom stereocenters. The third-order valence-corrected chi connectivity index (χ3v) is 29.7. The van der Waals surface area contributed by atoms with Crippen molar-refractivity contribution in [3.8, 4) is 22.7 Å². The normalized spacial score (nSPS) is 13.0. The molecule has 128 heavy (non-hydrogen) atoms. The van der Waals surface area contributed by atoms with Crippen molar-refractivity contribution in [2.75, 3.05) is 0 Å². The van der Waals surface area contributed by atoms with Crippen LogP contribution in [-0.2, 0) is 0 Å². The van der Waals surface area contributed by atoms with Gasteiger partial charge in [-0.2, -0.15) is 0 Å². The highest BCUT2D eigenvalue weighted by molar-refractivity contribution is 6.38. The largest absolute Gasteiger partial charge is 0.309 e. The zero-order chi connectivity index (χ0) is 84.5. The SMILES string of the molecule is CC(C)c1c2c3cccc4c5c6c(ccc5n(c2c(C(C)C)c2c5cccc7c8c9c(ccc8n(c12)c57)c1ccccc1n9-c1ccccc1)c34)c1ccccc1n6-c1ccccc1.CC(C)c1c2c3cccc4c5cc6c7ccccc7n(-c7ccccc7)c6cc5n(c2c(C(C)C)c2c5cccc6c7cc8c9ccccc9n(-c9ccccc9)c8cc7n(c12)c65)c43. The summed E-state index contributed by atoms with van der Waals surface area (Å²) in [6, 6.07) is 127. The summed E-state index contributed by atoms with van der Waals surface area (Å²) >= 11 is 0. The van der Waals surface area contributed by atoms with Crippen LogP contribution in [0.15, 0.2) is 340 Å². The second-order valence-electron chi connectivity index (χ2n) is 37.6.